The number of rotatable bonds is 2. The number of anilines is 1. The number of nitrogens with zero attached hydrogens (tertiary/aromatic N) is 1. The minimum Gasteiger partial charge on any atom is -0.456 e. The van der Waals surface area contributed by atoms with E-state index < -0.39 is 0 Å². The third-order valence-corrected chi connectivity index (χ3v) is 3.38. The van der Waals surface area contributed by atoms with Crippen LogP contribution in [0.1, 0.15) is 16.7 Å². The Balaban J connectivity index is 2.41. The van der Waals surface area contributed by atoms with Crippen LogP contribution in [0, 0.1) is 25.2 Å². The molecule has 0 saturated heterocycles. The van der Waals surface area contributed by atoms with Gasteiger partial charge in [-0.25, -0.2) is 0 Å². The number of hydrogen-bond donors (Lipinski definition) is 1. The fourth-order valence-corrected chi connectivity index (χ4v) is 2.36. The minimum absolute atomic E-state index is 0.638. The number of benzene rings is 2. The van der Waals surface area contributed by atoms with Crippen molar-refractivity contribution in [1.29, 1.82) is 5.26 Å². The van der Waals surface area contributed by atoms with E-state index in [-0.39, 0.29) is 0 Å². The topological polar surface area (TPSA) is 59.0 Å². The van der Waals surface area contributed by atoms with Crippen LogP contribution in [-0.2, 0) is 0 Å². The Morgan fingerprint density at radius 3 is 2.32 bits per heavy atom. The van der Waals surface area contributed by atoms with E-state index in [9.17, 15) is 0 Å². The van der Waals surface area contributed by atoms with E-state index in [1.54, 1.807) is 12.1 Å². The fourth-order valence-electron chi connectivity index (χ4n) is 1.89. The van der Waals surface area contributed by atoms with Crippen molar-refractivity contribution in [2.24, 2.45) is 0 Å². The van der Waals surface area contributed by atoms with Crippen molar-refractivity contribution in [1.82, 2.24) is 0 Å². The average Bonchev–Trinajstić information content (AvgIpc) is 2.35. The van der Waals surface area contributed by atoms with E-state index in [2.05, 4.69) is 22.0 Å². The summed E-state index contributed by atoms with van der Waals surface area (Å²) in [5, 5.41) is 8.93. The molecule has 0 spiro atoms. The van der Waals surface area contributed by atoms with Crippen LogP contribution in [-0.4, -0.2) is 0 Å². The molecule has 0 aliphatic heterocycles. The molecule has 0 bridgehead atoms. The first kappa shape index (κ1) is 13.4. The van der Waals surface area contributed by atoms with Gasteiger partial charge in [0.2, 0.25) is 0 Å². The number of nitriles is 1. The molecule has 0 aliphatic carbocycles. The van der Waals surface area contributed by atoms with E-state index in [0.29, 0.717) is 17.0 Å². The van der Waals surface area contributed by atoms with Gasteiger partial charge in [0.25, 0.3) is 0 Å². The molecule has 2 aromatic rings. The van der Waals surface area contributed by atoms with E-state index in [1.807, 2.05) is 32.0 Å². The molecule has 2 rings (SSSR count). The Kier molecular flexibility index (Phi) is 3.77. The molecule has 0 aromatic heterocycles. The van der Waals surface area contributed by atoms with Crippen molar-refractivity contribution in [3.05, 3.63) is 51.5 Å². The summed E-state index contributed by atoms with van der Waals surface area (Å²) in [5.74, 6) is 1.47. The smallest absolute Gasteiger partial charge is 0.141 e. The SMILES string of the molecule is Cc1cc(C#N)cc(C)c1Oc1ccc(N)cc1Br. The highest BCUT2D eigenvalue weighted by Gasteiger charge is 2.10. The standard InChI is InChI=1S/C15H13BrN2O/c1-9-5-11(8-17)6-10(2)15(9)19-14-4-3-12(18)7-13(14)16/h3-7H,18H2,1-2H3. The van der Waals surface area contributed by atoms with Gasteiger partial charge in [0.15, 0.2) is 0 Å². The molecular weight excluding hydrogens is 304 g/mol. The Hall–Kier alpha value is -1.99. The van der Waals surface area contributed by atoms with Crippen LogP contribution in [0.15, 0.2) is 34.8 Å². The summed E-state index contributed by atoms with van der Waals surface area (Å²) in [5.41, 5.74) is 8.87. The van der Waals surface area contributed by atoms with Crippen LogP contribution in [0.2, 0.25) is 0 Å². The van der Waals surface area contributed by atoms with Crippen molar-refractivity contribution >= 4 is 21.6 Å². The maximum Gasteiger partial charge on any atom is 0.141 e. The highest BCUT2D eigenvalue weighted by molar-refractivity contribution is 9.10. The van der Waals surface area contributed by atoms with Gasteiger partial charge in [-0.3, -0.25) is 0 Å². The molecule has 0 aliphatic rings. The van der Waals surface area contributed by atoms with E-state index in [1.165, 1.54) is 0 Å². The molecule has 0 amide bonds. The van der Waals surface area contributed by atoms with Gasteiger partial charge in [0.05, 0.1) is 16.1 Å². The number of nitrogens with two attached hydrogens (primary N) is 1. The normalized spacial score (nSPS) is 10.0. The van der Waals surface area contributed by atoms with Crippen molar-refractivity contribution < 1.29 is 4.74 Å². The van der Waals surface area contributed by atoms with Gasteiger partial charge in [0.1, 0.15) is 11.5 Å². The van der Waals surface area contributed by atoms with Crippen molar-refractivity contribution in [3.8, 4) is 17.6 Å². The highest BCUT2D eigenvalue weighted by Crippen LogP contribution is 2.34. The van der Waals surface area contributed by atoms with Crippen LogP contribution < -0.4 is 10.5 Å². The quantitative estimate of drug-likeness (QED) is 0.840. The second kappa shape index (κ2) is 5.33. The summed E-state index contributed by atoms with van der Waals surface area (Å²) in [7, 11) is 0. The summed E-state index contributed by atoms with van der Waals surface area (Å²) in [6.07, 6.45) is 0. The van der Waals surface area contributed by atoms with Gasteiger partial charge >= 0.3 is 0 Å². The second-order valence-electron chi connectivity index (χ2n) is 4.34. The lowest BCUT2D eigenvalue weighted by atomic mass is 10.1. The third kappa shape index (κ3) is 2.88. The van der Waals surface area contributed by atoms with Gasteiger partial charge in [-0.15, -0.1) is 0 Å². The number of halogens is 1. The van der Waals surface area contributed by atoms with Crippen LogP contribution in [0.3, 0.4) is 0 Å². The molecule has 19 heavy (non-hydrogen) atoms. The first-order chi connectivity index (χ1) is 9.01. The Labute approximate surface area is 120 Å². The molecule has 4 heteroatoms. The van der Waals surface area contributed by atoms with Gasteiger partial charge in [0, 0.05) is 5.69 Å². The summed E-state index contributed by atoms with van der Waals surface area (Å²) in [4.78, 5) is 0. The number of nitrogen functional groups attached to an aromatic ring is 1. The lowest BCUT2D eigenvalue weighted by Gasteiger charge is -2.13. The lowest BCUT2D eigenvalue weighted by Crippen LogP contribution is -1.94. The van der Waals surface area contributed by atoms with Crippen LogP contribution in [0.4, 0.5) is 5.69 Å². The number of hydrogen-bond acceptors (Lipinski definition) is 3. The monoisotopic (exact) mass is 316 g/mol. The first-order valence-electron chi connectivity index (χ1n) is 5.75. The number of aryl methyl sites for hydroxylation is 2. The third-order valence-electron chi connectivity index (χ3n) is 2.76. The van der Waals surface area contributed by atoms with Crippen molar-refractivity contribution in [3.63, 3.8) is 0 Å². The largest absolute Gasteiger partial charge is 0.456 e. The summed E-state index contributed by atoms with van der Waals surface area (Å²) in [6, 6.07) is 11.2. The molecule has 0 radical (unpaired) electrons. The predicted molar refractivity (Wildman–Crippen MR) is 79.3 cm³/mol. The van der Waals surface area contributed by atoms with E-state index >= 15 is 0 Å². The molecule has 0 unspecified atom stereocenters. The molecule has 3 nitrogen and oxygen atoms in total. The molecule has 0 atom stereocenters. The van der Waals surface area contributed by atoms with Crippen molar-refractivity contribution in [2.45, 2.75) is 13.8 Å². The summed E-state index contributed by atoms with van der Waals surface area (Å²) >= 11 is 3.42. The van der Waals surface area contributed by atoms with E-state index in [4.69, 9.17) is 15.7 Å². The minimum atomic E-state index is 0.638. The van der Waals surface area contributed by atoms with Gasteiger partial charge in [-0.2, -0.15) is 5.26 Å². The van der Waals surface area contributed by atoms with Gasteiger partial charge in [-0.05, 0) is 71.2 Å². The summed E-state index contributed by atoms with van der Waals surface area (Å²) < 4.78 is 6.71. The summed E-state index contributed by atoms with van der Waals surface area (Å²) in [6.45, 7) is 3.85. The highest BCUT2D eigenvalue weighted by atomic mass is 79.9. The van der Waals surface area contributed by atoms with Crippen molar-refractivity contribution in [2.75, 3.05) is 5.73 Å². The zero-order valence-corrected chi connectivity index (χ0v) is 12.3. The zero-order valence-electron chi connectivity index (χ0n) is 10.7. The molecule has 2 N–H and O–H groups in total. The average molecular weight is 317 g/mol. The van der Waals surface area contributed by atoms with Crippen LogP contribution in [0.5, 0.6) is 11.5 Å². The maximum atomic E-state index is 8.93. The van der Waals surface area contributed by atoms with Crippen LogP contribution in [0.25, 0.3) is 0 Å². The Morgan fingerprint density at radius 2 is 1.79 bits per heavy atom. The molecule has 2 aromatic carbocycles. The van der Waals surface area contributed by atoms with Crippen LogP contribution >= 0.6 is 15.9 Å². The predicted octanol–water partition coefficient (Wildman–Crippen LogP) is 4.31. The zero-order chi connectivity index (χ0) is 14.0. The molecule has 0 saturated carbocycles. The second-order valence-corrected chi connectivity index (χ2v) is 5.20. The Bertz CT molecular complexity index is 651. The van der Waals surface area contributed by atoms with E-state index in [0.717, 1.165) is 21.3 Å². The van der Waals surface area contributed by atoms with Gasteiger partial charge < -0.3 is 10.5 Å². The first-order valence-corrected chi connectivity index (χ1v) is 6.55. The maximum absolute atomic E-state index is 8.93. The molecule has 0 fully saturated rings. The number of ether oxygens (including phenoxy) is 1. The Morgan fingerprint density at radius 1 is 1.16 bits per heavy atom. The lowest BCUT2D eigenvalue weighted by molar-refractivity contribution is 0.472. The molecular formula is C15H13BrN2O. The fraction of sp³-hybridized carbons (Fsp3) is 0.133. The van der Waals surface area contributed by atoms with Gasteiger partial charge in [-0.1, -0.05) is 0 Å². The molecule has 96 valence electrons. The molecule has 0 heterocycles.